The van der Waals surface area contributed by atoms with E-state index in [4.69, 9.17) is 11.6 Å². The molecule has 3 rings (SSSR count). The van der Waals surface area contributed by atoms with E-state index in [1.807, 2.05) is 48.7 Å². The minimum absolute atomic E-state index is 0.115. The van der Waals surface area contributed by atoms with Crippen molar-refractivity contribution in [2.45, 2.75) is 13.8 Å². The standard InChI is InChI=1S/C19H16ClN3O3/c1-12-8-14(13(2)22(12)16-5-3-4-15(20)9-16)11-21-18-10-17(23(25)26)6-7-19(18)24/h3-11,24H,1-2H3. The topological polar surface area (TPSA) is 80.7 Å². The maximum atomic E-state index is 10.9. The monoisotopic (exact) mass is 369 g/mol. The SMILES string of the molecule is Cc1cc(C=Nc2cc([N+](=O)[O-])ccc2O)c(C)n1-c1cccc(Cl)c1. The highest BCUT2D eigenvalue weighted by molar-refractivity contribution is 6.30. The molecule has 7 heteroatoms. The summed E-state index contributed by atoms with van der Waals surface area (Å²) in [4.78, 5) is 14.6. The maximum absolute atomic E-state index is 10.9. The first kappa shape index (κ1) is 17.7. The van der Waals surface area contributed by atoms with Crippen molar-refractivity contribution in [3.63, 3.8) is 0 Å². The van der Waals surface area contributed by atoms with Gasteiger partial charge in [-0.3, -0.25) is 15.1 Å². The molecule has 0 radical (unpaired) electrons. The molecule has 0 amide bonds. The highest BCUT2D eigenvalue weighted by Crippen LogP contribution is 2.30. The summed E-state index contributed by atoms with van der Waals surface area (Å²) in [6, 6.07) is 13.2. The lowest BCUT2D eigenvalue weighted by molar-refractivity contribution is -0.384. The van der Waals surface area contributed by atoms with Gasteiger partial charge in [0.25, 0.3) is 5.69 Å². The molecule has 1 heterocycles. The lowest BCUT2D eigenvalue weighted by Gasteiger charge is -2.09. The molecule has 0 atom stereocenters. The van der Waals surface area contributed by atoms with Gasteiger partial charge in [-0.05, 0) is 44.2 Å². The third-order valence-corrected chi connectivity index (χ3v) is 4.28. The zero-order chi connectivity index (χ0) is 18.8. The molecule has 1 N–H and O–H groups in total. The van der Waals surface area contributed by atoms with Gasteiger partial charge in [0.05, 0.1) is 4.92 Å². The van der Waals surface area contributed by atoms with Crippen LogP contribution < -0.4 is 0 Å². The van der Waals surface area contributed by atoms with Gasteiger partial charge >= 0.3 is 0 Å². The Labute approximate surface area is 155 Å². The number of aromatic hydroxyl groups is 1. The molecule has 0 aliphatic heterocycles. The minimum atomic E-state index is -0.524. The lowest BCUT2D eigenvalue weighted by atomic mass is 10.2. The summed E-state index contributed by atoms with van der Waals surface area (Å²) < 4.78 is 2.04. The van der Waals surface area contributed by atoms with Crippen molar-refractivity contribution in [3.05, 3.63) is 80.6 Å². The number of aryl methyl sites for hydroxylation is 1. The van der Waals surface area contributed by atoms with Gasteiger partial charge in [-0.2, -0.15) is 0 Å². The average molecular weight is 370 g/mol. The number of rotatable bonds is 4. The Morgan fingerprint density at radius 1 is 1.19 bits per heavy atom. The Morgan fingerprint density at radius 3 is 2.65 bits per heavy atom. The van der Waals surface area contributed by atoms with E-state index >= 15 is 0 Å². The molecule has 0 aliphatic carbocycles. The van der Waals surface area contributed by atoms with Crippen molar-refractivity contribution in [2.75, 3.05) is 0 Å². The third-order valence-electron chi connectivity index (χ3n) is 4.05. The van der Waals surface area contributed by atoms with Gasteiger partial charge < -0.3 is 9.67 Å². The number of phenolic OH excluding ortho intramolecular Hbond substituents is 1. The second kappa shape index (κ2) is 7.01. The van der Waals surface area contributed by atoms with Crippen LogP contribution in [-0.4, -0.2) is 20.8 Å². The van der Waals surface area contributed by atoms with Crippen LogP contribution in [0.4, 0.5) is 11.4 Å². The Morgan fingerprint density at radius 2 is 1.96 bits per heavy atom. The first-order valence-corrected chi connectivity index (χ1v) is 8.21. The summed E-state index contributed by atoms with van der Waals surface area (Å²) in [5, 5.41) is 21.4. The fourth-order valence-electron chi connectivity index (χ4n) is 2.80. The van der Waals surface area contributed by atoms with E-state index < -0.39 is 4.92 Å². The number of nitro groups is 1. The number of non-ortho nitro benzene ring substituents is 1. The van der Waals surface area contributed by atoms with Gasteiger partial charge in [0.15, 0.2) is 0 Å². The van der Waals surface area contributed by atoms with E-state index in [1.54, 1.807) is 6.21 Å². The van der Waals surface area contributed by atoms with Crippen molar-refractivity contribution in [2.24, 2.45) is 4.99 Å². The molecular weight excluding hydrogens is 354 g/mol. The Kier molecular flexibility index (Phi) is 4.77. The van der Waals surface area contributed by atoms with E-state index in [-0.39, 0.29) is 17.1 Å². The Bertz CT molecular complexity index is 1020. The number of benzene rings is 2. The number of nitrogens with zero attached hydrogens (tertiary/aromatic N) is 3. The van der Waals surface area contributed by atoms with Gasteiger partial charge in [-0.25, -0.2) is 0 Å². The molecule has 26 heavy (non-hydrogen) atoms. The third kappa shape index (κ3) is 3.45. The van der Waals surface area contributed by atoms with Crippen LogP contribution in [-0.2, 0) is 0 Å². The molecule has 0 spiro atoms. The molecule has 0 saturated heterocycles. The number of aliphatic imine (C=N–C) groups is 1. The highest BCUT2D eigenvalue weighted by Gasteiger charge is 2.12. The summed E-state index contributed by atoms with van der Waals surface area (Å²) in [5.41, 5.74) is 3.73. The molecule has 3 aromatic rings. The van der Waals surface area contributed by atoms with Gasteiger partial charge in [0.1, 0.15) is 11.4 Å². The zero-order valence-corrected chi connectivity index (χ0v) is 14.9. The fraction of sp³-hybridized carbons (Fsp3) is 0.105. The summed E-state index contributed by atoms with van der Waals surface area (Å²) in [6.45, 7) is 3.92. The molecule has 0 aliphatic rings. The van der Waals surface area contributed by atoms with Crippen molar-refractivity contribution in [3.8, 4) is 11.4 Å². The van der Waals surface area contributed by atoms with E-state index in [0.717, 1.165) is 22.6 Å². The van der Waals surface area contributed by atoms with Gasteiger partial charge in [-0.15, -0.1) is 0 Å². The number of nitro benzene ring substituents is 1. The summed E-state index contributed by atoms with van der Waals surface area (Å²) in [7, 11) is 0. The van der Waals surface area contributed by atoms with E-state index in [1.165, 1.54) is 18.2 Å². The second-order valence-corrected chi connectivity index (χ2v) is 6.27. The molecule has 6 nitrogen and oxygen atoms in total. The molecule has 0 bridgehead atoms. The fourth-order valence-corrected chi connectivity index (χ4v) is 2.98. The van der Waals surface area contributed by atoms with Crippen LogP contribution in [0.2, 0.25) is 5.02 Å². The molecule has 2 aromatic carbocycles. The molecular formula is C19H16ClN3O3. The molecule has 132 valence electrons. The van der Waals surface area contributed by atoms with E-state index in [9.17, 15) is 15.2 Å². The lowest BCUT2D eigenvalue weighted by Crippen LogP contribution is -1.99. The Hall–Kier alpha value is -3.12. The van der Waals surface area contributed by atoms with Crippen LogP contribution in [0.5, 0.6) is 5.75 Å². The highest BCUT2D eigenvalue weighted by atomic mass is 35.5. The second-order valence-electron chi connectivity index (χ2n) is 5.83. The quantitative estimate of drug-likeness (QED) is 0.394. The van der Waals surface area contributed by atoms with Crippen LogP contribution >= 0.6 is 11.6 Å². The number of phenols is 1. The summed E-state index contributed by atoms with van der Waals surface area (Å²) in [6.07, 6.45) is 1.59. The van der Waals surface area contributed by atoms with Gasteiger partial charge in [0, 0.05) is 46.0 Å². The minimum Gasteiger partial charge on any atom is -0.506 e. The van der Waals surface area contributed by atoms with Crippen molar-refractivity contribution < 1.29 is 10.0 Å². The van der Waals surface area contributed by atoms with E-state index in [2.05, 4.69) is 4.99 Å². The van der Waals surface area contributed by atoms with E-state index in [0.29, 0.717) is 5.02 Å². The summed E-state index contributed by atoms with van der Waals surface area (Å²) >= 11 is 6.08. The number of halogens is 1. The van der Waals surface area contributed by atoms with Crippen molar-refractivity contribution >= 4 is 29.2 Å². The molecule has 0 fully saturated rings. The maximum Gasteiger partial charge on any atom is 0.271 e. The first-order valence-electron chi connectivity index (χ1n) is 7.83. The first-order chi connectivity index (χ1) is 12.4. The van der Waals surface area contributed by atoms with Crippen molar-refractivity contribution in [1.82, 2.24) is 4.57 Å². The largest absolute Gasteiger partial charge is 0.506 e. The number of hydrogen-bond acceptors (Lipinski definition) is 4. The number of hydrogen-bond donors (Lipinski definition) is 1. The van der Waals surface area contributed by atoms with Crippen LogP contribution in [0.3, 0.4) is 0 Å². The van der Waals surface area contributed by atoms with Gasteiger partial charge in [0.2, 0.25) is 0 Å². The zero-order valence-electron chi connectivity index (χ0n) is 14.2. The summed E-state index contributed by atoms with van der Waals surface area (Å²) in [5.74, 6) is -0.115. The number of aromatic nitrogens is 1. The van der Waals surface area contributed by atoms with Crippen molar-refractivity contribution in [1.29, 1.82) is 0 Å². The Balaban J connectivity index is 2.00. The predicted octanol–water partition coefficient (Wildman–Crippen LogP) is 5.11. The van der Waals surface area contributed by atoms with Gasteiger partial charge in [-0.1, -0.05) is 17.7 Å². The molecule has 0 saturated carbocycles. The van der Waals surface area contributed by atoms with Crippen LogP contribution in [0, 0.1) is 24.0 Å². The van der Waals surface area contributed by atoms with Crippen LogP contribution in [0.25, 0.3) is 5.69 Å². The smallest absolute Gasteiger partial charge is 0.271 e. The average Bonchev–Trinajstić information content (AvgIpc) is 2.87. The predicted molar refractivity (Wildman–Crippen MR) is 102 cm³/mol. The normalized spacial score (nSPS) is 11.2. The molecule has 0 unspecified atom stereocenters. The van der Waals surface area contributed by atoms with Crippen LogP contribution in [0.1, 0.15) is 17.0 Å². The molecule has 1 aromatic heterocycles. The van der Waals surface area contributed by atoms with Crippen LogP contribution in [0.15, 0.2) is 53.5 Å².